The topological polar surface area (TPSA) is 26.3 Å². The molecule has 0 aromatic rings. The Bertz CT molecular complexity index is 233. The fourth-order valence-corrected chi connectivity index (χ4v) is 1.91. The molecule has 0 bridgehead atoms. The lowest BCUT2D eigenvalue weighted by Gasteiger charge is -2.04. The van der Waals surface area contributed by atoms with Crippen LogP contribution in [0.3, 0.4) is 0 Å². The standard InChI is InChI=1S/C17H30O2/c1-3-5-7-9-10-11-12-13-15-17(18)19-16-14-8-6-4-2/h3-4H,1-2,5-16H2. The Labute approximate surface area is 118 Å². The fourth-order valence-electron chi connectivity index (χ4n) is 1.91. The Morgan fingerprint density at radius 3 is 1.95 bits per heavy atom. The number of carbonyl (C=O) groups excluding carboxylic acids is 1. The molecule has 0 saturated carbocycles. The molecule has 110 valence electrons. The Morgan fingerprint density at radius 1 is 0.789 bits per heavy atom. The van der Waals surface area contributed by atoms with Crippen LogP contribution >= 0.6 is 0 Å². The van der Waals surface area contributed by atoms with Crippen molar-refractivity contribution < 1.29 is 9.53 Å². The summed E-state index contributed by atoms with van der Waals surface area (Å²) in [6.45, 7) is 7.94. The smallest absolute Gasteiger partial charge is 0.305 e. The van der Waals surface area contributed by atoms with E-state index in [2.05, 4.69) is 13.2 Å². The summed E-state index contributed by atoms with van der Waals surface area (Å²) in [5.74, 6) is -0.0368. The van der Waals surface area contributed by atoms with E-state index in [-0.39, 0.29) is 5.97 Å². The first-order valence-electron chi connectivity index (χ1n) is 7.68. The van der Waals surface area contributed by atoms with Crippen molar-refractivity contribution in [2.45, 2.75) is 70.6 Å². The molecule has 0 aliphatic heterocycles. The molecule has 0 amide bonds. The molecule has 2 heteroatoms. The summed E-state index contributed by atoms with van der Waals surface area (Å²) >= 11 is 0. The molecule has 0 spiro atoms. The Morgan fingerprint density at radius 2 is 1.32 bits per heavy atom. The highest BCUT2D eigenvalue weighted by molar-refractivity contribution is 5.69. The van der Waals surface area contributed by atoms with Gasteiger partial charge in [0.15, 0.2) is 0 Å². The van der Waals surface area contributed by atoms with E-state index >= 15 is 0 Å². The zero-order chi connectivity index (χ0) is 14.2. The molecule has 0 saturated heterocycles. The summed E-state index contributed by atoms with van der Waals surface area (Å²) in [6, 6.07) is 0. The lowest BCUT2D eigenvalue weighted by molar-refractivity contribution is -0.143. The molecule has 0 unspecified atom stereocenters. The van der Waals surface area contributed by atoms with Gasteiger partial charge in [-0.05, 0) is 38.5 Å². The lowest BCUT2D eigenvalue weighted by atomic mass is 10.1. The van der Waals surface area contributed by atoms with Crippen molar-refractivity contribution in [3.05, 3.63) is 25.3 Å². The Balaban J connectivity index is 3.15. The van der Waals surface area contributed by atoms with Gasteiger partial charge in [0.05, 0.1) is 6.61 Å². The van der Waals surface area contributed by atoms with Crippen LogP contribution in [0.5, 0.6) is 0 Å². The van der Waals surface area contributed by atoms with Gasteiger partial charge in [-0.3, -0.25) is 4.79 Å². The van der Waals surface area contributed by atoms with Crippen LogP contribution in [0.4, 0.5) is 0 Å². The van der Waals surface area contributed by atoms with Gasteiger partial charge < -0.3 is 4.74 Å². The highest BCUT2D eigenvalue weighted by Crippen LogP contribution is 2.09. The number of esters is 1. The molecule has 0 radical (unpaired) electrons. The van der Waals surface area contributed by atoms with E-state index in [9.17, 15) is 4.79 Å². The third kappa shape index (κ3) is 14.9. The third-order valence-corrected chi connectivity index (χ3v) is 3.10. The van der Waals surface area contributed by atoms with Crippen molar-refractivity contribution in [2.24, 2.45) is 0 Å². The normalized spacial score (nSPS) is 10.1. The summed E-state index contributed by atoms with van der Waals surface area (Å²) in [7, 11) is 0. The zero-order valence-electron chi connectivity index (χ0n) is 12.4. The second-order valence-corrected chi connectivity index (χ2v) is 4.95. The molecule has 2 nitrogen and oxygen atoms in total. The van der Waals surface area contributed by atoms with E-state index in [1.54, 1.807) is 0 Å². The quantitative estimate of drug-likeness (QED) is 0.245. The van der Waals surface area contributed by atoms with Crippen LogP contribution in [-0.4, -0.2) is 12.6 Å². The summed E-state index contributed by atoms with van der Waals surface area (Å²) in [4.78, 5) is 11.4. The predicted octanol–water partition coefficient (Wildman–Crippen LogP) is 5.19. The van der Waals surface area contributed by atoms with Gasteiger partial charge in [-0.1, -0.05) is 37.8 Å². The SMILES string of the molecule is C=CCCCCCCCCC(=O)OCCCCC=C. The van der Waals surface area contributed by atoms with Crippen LogP contribution in [0.15, 0.2) is 25.3 Å². The first kappa shape index (κ1) is 17.9. The average Bonchev–Trinajstić information content (AvgIpc) is 2.41. The molecule has 0 heterocycles. The highest BCUT2D eigenvalue weighted by atomic mass is 16.5. The van der Waals surface area contributed by atoms with Gasteiger partial charge in [0, 0.05) is 6.42 Å². The number of ether oxygens (including phenoxy) is 1. The molecule has 0 aliphatic rings. The summed E-state index contributed by atoms with van der Waals surface area (Å²) in [5.41, 5.74) is 0. The zero-order valence-corrected chi connectivity index (χ0v) is 12.4. The Hall–Kier alpha value is -1.05. The van der Waals surface area contributed by atoms with Crippen LogP contribution < -0.4 is 0 Å². The van der Waals surface area contributed by atoms with Crippen molar-refractivity contribution in [1.29, 1.82) is 0 Å². The van der Waals surface area contributed by atoms with Gasteiger partial charge >= 0.3 is 5.97 Å². The number of hydrogen-bond acceptors (Lipinski definition) is 2. The van der Waals surface area contributed by atoms with Crippen molar-refractivity contribution >= 4 is 5.97 Å². The first-order valence-corrected chi connectivity index (χ1v) is 7.68. The van der Waals surface area contributed by atoms with Crippen molar-refractivity contribution in [3.63, 3.8) is 0 Å². The maximum Gasteiger partial charge on any atom is 0.305 e. The van der Waals surface area contributed by atoms with Gasteiger partial charge in [-0.25, -0.2) is 0 Å². The van der Waals surface area contributed by atoms with Crippen LogP contribution in [0.1, 0.15) is 70.6 Å². The number of carbonyl (C=O) groups is 1. The van der Waals surface area contributed by atoms with Crippen molar-refractivity contribution in [1.82, 2.24) is 0 Å². The van der Waals surface area contributed by atoms with E-state index in [1.807, 2.05) is 12.2 Å². The van der Waals surface area contributed by atoms with E-state index < -0.39 is 0 Å². The van der Waals surface area contributed by atoms with Gasteiger partial charge in [0.1, 0.15) is 0 Å². The van der Waals surface area contributed by atoms with E-state index in [0.717, 1.165) is 38.5 Å². The molecular weight excluding hydrogens is 236 g/mol. The largest absolute Gasteiger partial charge is 0.466 e. The second-order valence-electron chi connectivity index (χ2n) is 4.95. The first-order chi connectivity index (χ1) is 9.31. The monoisotopic (exact) mass is 266 g/mol. The van der Waals surface area contributed by atoms with E-state index in [4.69, 9.17) is 4.74 Å². The molecule has 0 atom stereocenters. The van der Waals surface area contributed by atoms with Crippen molar-refractivity contribution in [2.75, 3.05) is 6.61 Å². The molecule has 19 heavy (non-hydrogen) atoms. The predicted molar refractivity (Wildman–Crippen MR) is 82.1 cm³/mol. The second kappa shape index (κ2) is 15.0. The maximum atomic E-state index is 11.4. The minimum absolute atomic E-state index is 0.0368. The summed E-state index contributed by atoms with van der Waals surface area (Å²) in [6.07, 6.45) is 15.7. The van der Waals surface area contributed by atoms with E-state index in [1.165, 1.54) is 25.7 Å². The van der Waals surface area contributed by atoms with Gasteiger partial charge in [-0.15, -0.1) is 13.2 Å². The molecule has 0 fully saturated rings. The maximum absolute atomic E-state index is 11.4. The molecular formula is C17H30O2. The van der Waals surface area contributed by atoms with Gasteiger partial charge in [0.2, 0.25) is 0 Å². The summed E-state index contributed by atoms with van der Waals surface area (Å²) in [5, 5.41) is 0. The molecule has 0 rings (SSSR count). The molecule has 0 aromatic heterocycles. The van der Waals surface area contributed by atoms with Crippen molar-refractivity contribution in [3.8, 4) is 0 Å². The molecule has 0 N–H and O–H groups in total. The fraction of sp³-hybridized carbons (Fsp3) is 0.706. The van der Waals surface area contributed by atoms with Crippen LogP contribution in [-0.2, 0) is 9.53 Å². The number of hydrogen-bond donors (Lipinski definition) is 0. The number of rotatable bonds is 14. The van der Waals surface area contributed by atoms with Gasteiger partial charge in [-0.2, -0.15) is 0 Å². The van der Waals surface area contributed by atoms with Crippen LogP contribution in [0, 0.1) is 0 Å². The lowest BCUT2D eigenvalue weighted by Crippen LogP contribution is -2.05. The molecule has 0 aromatic carbocycles. The van der Waals surface area contributed by atoms with E-state index in [0.29, 0.717) is 13.0 Å². The average molecular weight is 266 g/mol. The minimum Gasteiger partial charge on any atom is -0.466 e. The highest BCUT2D eigenvalue weighted by Gasteiger charge is 2.01. The third-order valence-electron chi connectivity index (χ3n) is 3.10. The Kier molecular flexibility index (Phi) is 14.2. The van der Waals surface area contributed by atoms with Gasteiger partial charge in [0.25, 0.3) is 0 Å². The van der Waals surface area contributed by atoms with Crippen LogP contribution in [0.2, 0.25) is 0 Å². The number of allylic oxidation sites excluding steroid dienone is 2. The molecule has 0 aliphatic carbocycles. The van der Waals surface area contributed by atoms with Crippen LogP contribution in [0.25, 0.3) is 0 Å². The summed E-state index contributed by atoms with van der Waals surface area (Å²) < 4.78 is 5.16. The minimum atomic E-state index is -0.0368. The number of unbranched alkanes of at least 4 members (excludes halogenated alkanes) is 8.